The van der Waals surface area contributed by atoms with Gasteiger partial charge in [-0.05, 0) is 51.3 Å². The zero-order chi connectivity index (χ0) is 19.4. The van der Waals surface area contributed by atoms with Crippen LogP contribution in [0.3, 0.4) is 0 Å². The van der Waals surface area contributed by atoms with Crippen molar-refractivity contribution < 1.29 is 17.9 Å². The molecule has 1 aromatic carbocycles. The Labute approximate surface area is 160 Å². The van der Waals surface area contributed by atoms with E-state index < -0.39 is 21.9 Å². The first-order valence-electron chi connectivity index (χ1n) is 8.54. The molecule has 0 bridgehead atoms. The van der Waals surface area contributed by atoms with E-state index in [9.17, 15) is 13.2 Å². The summed E-state index contributed by atoms with van der Waals surface area (Å²) in [4.78, 5) is 13.8. The summed E-state index contributed by atoms with van der Waals surface area (Å²) in [7, 11) is -3.67. The molecule has 1 amide bonds. The second kappa shape index (κ2) is 8.56. The van der Waals surface area contributed by atoms with E-state index in [1.807, 2.05) is 0 Å². The van der Waals surface area contributed by atoms with E-state index in [0.717, 1.165) is 18.4 Å². The molecule has 9 heteroatoms. The van der Waals surface area contributed by atoms with Crippen LogP contribution in [0.15, 0.2) is 24.3 Å². The predicted molar refractivity (Wildman–Crippen MR) is 101 cm³/mol. The average Bonchev–Trinajstić information content (AvgIpc) is 3.00. The first-order chi connectivity index (χ1) is 12.1. The standard InChI is InChI=1S/C17H26ClN3O4S/c1-17(2,3)25-16(22)21-10-4-5-15(21)12-20-26(23,24)19-11-13-6-8-14(18)9-7-13/h6-9,15,19-20H,4-5,10-12H2,1-3H3/t15-/m0/s1. The lowest BCUT2D eigenvalue weighted by Crippen LogP contribution is -2.47. The number of hydrogen-bond acceptors (Lipinski definition) is 4. The van der Waals surface area contributed by atoms with Gasteiger partial charge < -0.3 is 9.64 Å². The molecule has 0 aromatic heterocycles. The Morgan fingerprint density at radius 2 is 1.92 bits per heavy atom. The van der Waals surface area contributed by atoms with Crippen molar-refractivity contribution in [2.75, 3.05) is 13.1 Å². The fourth-order valence-corrected chi connectivity index (χ4v) is 3.64. The maximum absolute atomic E-state index is 12.2. The van der Waals surface area contributed by atoms with E-state index in [1.54, 1.807) is 49.9 Å². The third kappa shape index (κ3) is 6.75. The number of amides is 1. The SMILES string of the molecule is CC(C)(C)OC(=O)N1CCC[C@H]1CNS(=O)(=O)NCc1ccc(Cl)cc1. The number of carbonyl (C=O) groups is 1. The smallest absolute Gasteiger partial charge is 0.410 e. The number of ether oxygens (including phenoxy) is 1. The van der Waals surface area contributed by atoms with Crippen molar-refractivity contribution in [2.24, 2.45) is 0 Å². The normalized spacial score (nSPS) is 18.2. The molecular formula is C17H26ClN3O4S. The fraction of sp³-hybridized carbons (Fsp3) is 0.588. The van der Waals surface area contributed by atoms with Gasteiger partial charge >= 0.3 is 6.09 Å². The van der Waals surface area contributed by atoms with Crippen molar-refractivity contribution in [3.05, 3.63) is 34.9 Å². The van der Waals surface area contributed by atoms with Crippen molar-refractivity contribution >= 4 is 27.9 Å². The van der Waals surface area contributed by atoms with Gasteiger partial charge in [-0.3, -0.25) is 0 Å². The average molecular weight is 404 g/mol. The number of carbonyl (C=O) groups excluding carboxylic acids is 1. The summed E-state index contributed by atoms with van der Waals surface area (Å²) in [6.45, 7) is 6.29. The third-order valence-corrected chi connectivity index (χ3v) is 5.22. The van der Waals surface area contributed by atoms with Crippen LogP contribution >= 0.6 is 11.6 Å². The summed E-state index contributed by atoms with van der Waals surface area (Å²) in [6.07, 6.45) is 1.15. The number of nitrogens with zero attached hydrogens (tertiary/aromatic N) is 1. The van der Waals surface area contributed by atoms with E-state index >= 15 is 0 Å². The number of hydrogen-bond donors (Lipinski definition) is 2. The Kier molecular flexibility index (Phi) is 6.90. The highest BCUT2D eigenvalue weighted by molar-refractivity contribution is 7.87. The zero-order valence-electron chi connectivity index (χ0n) is 15.3. The van der Waals surface area contributed by atoms with Crippen LogP contribution in [0.5, 0.6) is 0 Å². The van der Waals surface area contributed by atoms with E-state index in [0.29, 0.717) is 11.6 Å². The Morgan fingerprint density at radius 1 is 1.27 bits per heavy atom. The Bertz CT molecular complexity index is 717. The lowest BCUT2D eigenvalue weighted by atomic mass is 10.2. The van der Waals surface area contributed by atoms with Crippen LogP contribution in [-0.2, 0) is 21.5 Å². The highest BCUT2D eigenvalue weighted by Crippen LogP contribution is 2.20. The number of halogens is 1. The van der Waals surface area contributed by atoms with Crippen molar-refractivity contribution in [3.8, 4) is 0 Å². The minimum absolute atomic E-state index is 0.148. The van der Waals surface area contributed by atoms with Gasteiger partial charge in [-0.2, -0.15) is 13.1 Å². The summed E-state index contributed by atoms with van der Waals surface area (Å²) < 4.78 is 34.7. The largest absolute Gasteiger partial charge is 0.444 e. The molecule has 1 aliphatic rings. The van der Waals surface area contributed by atoms with Gasteiger partial charge in [-0.15, -0.1) is 0 Å². The van der Waals surface area contributed by atoms with Crippen LogP contribution < -0.4 is 9.44 Å². The minimum Gasteiger partial charge on any atom is -0.444 e. The number of likely N-dealkylation sites (tertiary alicyclic amines) is 1. The van der Waals surface area contributed by atoms with Crippen LogP contribution in [0.4, 0.5) is 4.79 Å². The van der Waals surface area contributed by atoms with Crippen LogP contribution in [0.25, 0.3) is 0 Å². The second-order valence-corrected chi connectivity index (χ2v) is 9.29. The van der Waals surface area contributed by atoms with Gasteiger partial charge in [-0.1, -0.05) is 23.7 Å². The Hall–Kier alpha value is -1.35. The Morgan fingerprint density at radius 3 is 2.54 bits per heavy atom. The molecule has 7 nitrogen and oxygen atoms in total. The van der Waals surface area contributed by atoms with Gasteiger partial charge in [-0.25, -0.2) is 9.52 Å². The summed E-state index contributed by atoms with van der Waals surface area (Å²) in [6, 6.07) is 6.71. The van der Waals surface area contributed by atoms with Gasteiger partial charge in [0, 0.05) is 30.7 Å². The summed E-state index contributed by atoms with van der Waals surface area (Å²) in [5.41, 5.74) is 0.222. The zero-order valence-corrected chi connectivity index (χ0v) is 16.9. The van der Waals surface area contributed by atoms with E-state index in [1.165, 1.54) is 0 Å². The molecule has 26 heavy (non-hydrogen) atoms. The molecule has 0 aliphatic carbocycles. The molecule has 1 heterocycles. The van der Waals surface area contributed by atoms with Gasteiger partial charge in [0.1, 0.15) is 5.60 Å². The molecule has 146 valence electrons. The monoisotopic (exact) mass is 403 g/mol. The summed E-state index contributed by atoms with van der Waals surface area (Å²) in [5, 5.41) is 0.596. The maximum atomic E-state index is 12.2. The quantitative estimate of drug-likeness (QED) is 0.764. The number of nitrogens with one attached hydrogen (secondary N) is 2. The van der Waals surface area contributed by atoms with Crippen molar-refractivity contribution in [3.63, 3.8) is 0 Å². The molecule has 0 spiro atoms. The molecule has 1 atom stereocenters. The van der Waals surface area contributed by atoms with Crippen LogP contribution in [-0.4, -0.2) is 44.1 Å². The maximum Gasteiger partial charge on any atom is 0.410 e. The van der Waals surface area contributed by atoms with Crippen molar-refractivity contribution in [1.29, 1.82) is 0 Å². The van der Waals surface area contributed by atoms with E-state index in [-0.39, 0.29) is 19.1 Å². The lowest BCUT2D eigenvalue weighted by molar-refractivity contribution is 0.0229. The number of rotatable bonds is 6. The first kappa shape index (κ1) is 21.0. The molecule has 1 fully saturated rings. The van der Waals surface area contributed by atoms with Crippen LogP contribution in [0.1, 0.15) is 39.2 Å². The van der Waals surface area contributed by atoms with Crippen molar-refractivity contribution in [1.82, 2.24) is 14.3 Å². The predicted octanol–water partition coefficient (Wildman–Crippen LogP) is 2.66. The molecular weight excluding hydrogens is 378 g/mol. The van der Waals surface area contributed by atoms with Gasteiger partial charge in [0.2, 0.25) is 0 Å². The van der Waals surface area contributed by atoms with Gasteiger partial charge in [0.15, 0.2) is 0 Å². The molecule has 1 aromatic rings. The fourth-order valence-electron chi connectivity index (χ4n) is 2.65. The summed E-state index contributed by atoms with van der Waals surface area (Å²) in [5.74, 6) is 0. The summed E-state index contributed by atoms with van der Waals surface area (Å²) >= 11 is 5.81. The number of benzene rings is 1. The molecule has 1 saturated heterocycles. The topological polar surface area (TPSA) is 87.7 Å². The van der Waals surface area contributed by atoms with Crippen molar-refractivity contribution in [2.45, 2.75) is 51.8 Å². The van der Waals surface area contributed by atoms with Crippen LogP contribution in [0, 0.1) is 0 Å². The molecule has 0 unspecified atom stereocenters. The molecule has 0 saturated carbocycles. The third-order valence-electron chi connectivity index (χ3n) is 3.89. The first-order valence-corrected chi connectivity index (χ1v) is 10.4. The van der Waals surface area contributed by atoms with Gasteiger partial charge in [0.25, 0.3) is 10.2 Å². The van der Waals surface area contributed by atoms with Gasteiger partial charge in [0.05, 0.1) is 0 Å². The van der Waals surface area contributed by atoms with Crippen LogP contribution in [0.2, 0.25) is 5.02 Å². The highest BCUT2D eigenvalue weighted by atomic mass is 35.5. The molecule has 0 radical (unpaired) electrons. The minimum atomic E-state index is -3.67. The van der Waals surface area contributed by atoms with E-state index in [2.05, 4.69) is 9.44 Å². The molecule has 1 aliphatic heterocycles. The molecule has 2 N–H and O–H groups in total. The Balaban J connectivity index is 1.85. The second-order valence-electron chi connectivity index (χ2n) is 7.27. The molecule has 2 rings (SSSR count). The van der Waals surface area contributed by atoms with E-state index in [4.69, 9.17) is 16.3 Å². The highest BCUT2D eigenvalue weighted by Gasteiger charge is 2.32. The lowest BCUT2D eigenvalue weighted by Gasteiger charge is -2.28.